The summed E-state index contributed by atoms with van der Waals surface area (Å²) in [6.07, 6.45) is 6.79. The molecule has 0 bridgehead atoms. The highest BCUT2D eigenvalue weighted by Gasteiger charge is 2.48. The minimum atomic E-state index is -3.54. The summed E-state index contributed by atoms with van der Waals surface area (Å²) >= 11 is 0. The second kappa shape index (κ2) is 13.2. The molecule has 2 aromatic rings. The zero-order valence-electron chi connectivity index (χ0n) is 25.9. The Kier molecular flexibility index (Phi) is 9.79. The molecule has 2 fully saturated rings. The molecule has 44 heavy (non-hydrogen) atoms. The number of likely N-dealkylation sites (tertiary alicyclic amines) is 1. The number of carbonyl (C=O) groups is 3. The Morgan fingerprint density at radius 2 is 1.80 bits per heavy atom. The van der Waals surface area contributed by atoms with Crippen LogP contribution >= 0.6 is 0 Å². The number of methoxy groups -OCH3 is 1. The summed E-state index contributed by atoms with van der Waals surface area (Å²) in [6, 6.07) is 4.46. The molecule has 244 valence electrons. The van der Waals surface area contributed by atoms with E-state index >= 15 is 0 Å². The first-order valence-corrected chi connectivity index (χ1v) is 14.7. The molecule has 0 atom stereocenters. The number of nitrogens with two attached hydrogens (primary N) is 1. The zero-order valence-corrected chi connectivity index (χ0v) is 25.9. The molecule has 1 saturated carbocycles. The smallest absolute Gasteiger partial charge is 0.410 e. The van der Waals surface area contributed by atoms with Crippen molar-refractivity contribution in [2.24, 2.45) is 5.73 Å². The molecule has 1 aromatic carbocycles. The van der Waals surface area contributed by atoms with Crippen molar-refractivity contribution in [2.45, 2.75) is 76.9 Å². The molecule has 3 amide bonds. The first kappa shape index (κ1) is 32.7. The summed E-state index contributed by atoms with van der Waals surface area (Å²) in [5, 5.41) is 3.00. The van der Waals surface area contributed by atoms with Crippen molar-refractivity contribution in [3.63, 3.8) is 0 Å². The standard InChI is InChI=1S/C21H24F2N6O3.C9H17NO2.2H2/c1-28-15-10-25-20(26-14-8-7-12(17(24)30)9-16(14)32-2)27-18(15)29(13-5-3-4-6-13)11-21(22,23)19(28)31;1-9(2,3)12-8(11)10-6-4-5-7-10;;/h7-10,13H,3-6,11H2,1-2H3,(H2,24,30)(H,25,26,27);4-7H2,1-3H3;2*1H. The number of aromatic nitrogens is 2. The van der Waals surface area contributed by atoms with E-state index in [1.54, 1.807) is 11.0 Å². The highest BCUT2D eigenvalue weighted by molar-refractivity contribution is 6.02. The fourth-order valence-electron chi connectivity index (χ4n) is 5.40. The van der Waals surface area contributed by atoms with E-state index in [1.165, 1.54) is 37.4 Å². The van der Waals surface area contributed by atoms with Crippen LogP contribution in [0.15, 0.2) is 24.4 Å². The lowest BCUT2D eigenvalue weighted by atomic mass is 10.2. The van der Waals surface area contributed by atoms with E-state index in [0.29, 0.717) is 11.4 Å². The van der Waals surface area contributed by atoms with E-state index in [-0.39, 0.29) is 43.6 Å². The van der Waals surface area contributed by atoms with Crippen LogP contribution in [0.5, 0.6) is 5.75 Å². The molecule has 5 rings (SSSR count). The van der Waals surface area contributed by atoms with Crippen molar-refractivity contribution >= 4 is 41.0 Å². The van der Waals surface area contributed by atoms with Gasteiger partial charge in [0, 0.05) is 34.6 Å². The van der Waals surface area contributed by atoms with Gasteiger partial charge in [-0.15, -0.1) is 0 Å². The highest BCUT2D eigenvalue weighted by atomic mass is 19.3. The van der Waals surface area contributed by atoms with Gasteiger partial charge in [0.25, 0.3) is 5.91 Å². The topological polar surface area (TPSA) is 143 Å². The number of amides is 3. The van der Waals surface area contributed by atoms with E-state index in [1.807, 2.05) is 20.8 Å². The van der Waals surface area contributed by atoms with Crippen molar-refractivity contribution in [1.29, 1.82) is 0 Å². The Morgan fingerprint density at radius 1 is 1.14 bits per heavy atom. The number of anilines is 4. The second-order valence-corrected chi connectivity index (χ2v) is 12.1. The monoisotopic (exact) mass is 621 g/mol. The number of rotatable bonds is 5. The minimum absolute atomic E-state index is 0. The van der Waals surface area contributed by atoms with Crippen LogP contribution in [0.1, 0.15) is 72.5 Å². The van der Waals surface area contributed by atoms with Crippen LogP contribution in [0.4, 0.5) is 36.7 Å². The molecule has 1 aliphatic carbocycles. The lowest BCUT2D eigenvalue weighted by Crippen LogP contribution is -2.48. The van der Waals surface area contributed by atoms with Crippen LogP contribution in [0.2, 0.25) is 0 Å². The summed E-state index contributed by atoms with van der Waals surface area (Å²) in [5.41, 5.74) is 5.91. The predicted octanol–water partition coefficient (Wildman–Crippen LogP) is 5.20. The van der Waals surface area contributed by atoms with Crippen molar-refractivity contribution in [2.75, 3.05) is 48.9 Å². The second-order valence-electron chi connectivity index (χ2n) is 12.1. The van der Waals surface area contributed by atoms with Crippen LogP contribution < -0.4 is 25.6 Å². The number of fused-ring (bicyclic) bond motifs is 1. The molecule has 12 nitrogen and oxygen atoms in total. The van der Waals surface area contributed by atoms with Crippen molar-refractivity contribution in [1.82, 2.24) is 14.9 Å². The number of hydrogen-bond donors (Lipinski definition) is 2. The van der Waals surface area contributed by atoms with Crippen molar-refractivity contribution < 1.29 is 35.5 Å². The number of ether oxygens (including phenoxy) is 2. The van der Waals surface area contributed by atoms with Crippen LogP contribution in [-0.4, -0.2) is 84.1 Å². The van der Waals surface area contributed by atoms with Gasteiger partial charge in [-0.1, -0.05) is 12.8 Å². The molecule has 14 heteroatoms. The van der Waals surface area contributed by atoms with Gasteiger partial charge < -0.3 is 35.2 Å². The van der Waals surface area contributed by atoms with Crippen LogP contribution in [0, 0.1) is 0 Å². The minimum Gasteiger partial charge on any atom is -0.495 e. The molecule has 1 saturated heterocycles. The number of alkyl halides is 2. The first-order chi connectivity index (χ1) is 20.7. The van der Waals surface area contributed by atoms with Gasteiger partial charge in [0.2, 0.25) is 11.9 Å². The Balaban J connectivity index is 0.000000447. The van der Waals surface area contributed by atoms with Gasteiger partial charge in [-0.25, -0.2) is 9.78 Å². The number of nitrogens with zero attached hydrogens (tertiary/aromatic N) is 5. The van der Waals surface area contributed by atoms with E-state index in [9.17, 15) is 23.2 Å². The Hall–Kier alpha value is -4.23. The molecule has 0 unspecified atom stereocenters. The molecular weight excluding hydrogens is 576 g/mol. The van der Waals surface area contributed by atoms with E-state index < -0.39 is 24.3 Å². The van der Waals surface area contributed by atoms with Crippen LogP contribution in [0.25, 0.3) is 0 Å². The van der Waals surface area contributed by atoms with Gasteiger partial charge in [0.1, 0.15) is 17.0 Å². The molecule has 3 N–H and O–H groups in total. The third-order valence-electron chi connectivity index (χ3n) is 7.63. The summed E-state index contributed by atoms with van der Waals surface area (Å²) in [6.45, 7) is 6.65. The maximum Gasteiger partial charge on any atom is 0.410 e. The van der Waals surface area contributed by atoms with Crippen LogP contribution in [-0.2, 0) is 9.53 Å². The van der Waals surface area contributed by atoms with E-state index in [2.05, 4.69) is 15.3 Å². The molecule has 0 spiro atoms. The molecule has 3 aliphatic rings. The van der Waals surface area contributed by atoms with Crippen molar-refractivity contribution in [3.05, 3.63) is 30.0 Å². The fourth-order valence-corrected chi connectivity index (χ4v) is 5.40. The largest absolute Gasteiger partial charge is 0.495 e. The van der Waals surface area contributed by atoms with E-state index in [0.717, 1.165) is 56.5 Å². The average Bonchev–Trinajstić information content (AvgIpc) is 3.69. The van der Waals surface area contributed by atoms with Gasteiger partial charge in [-0.2, -0.15) is 13.8 Å². The van der Waals surface area contributed by atoms with Gasteiger partial charge in [0.05, 0.1) is 25.5 Å². The Morgan fingerprint density at radius 3 is 2.39 bits per heavy atom. The molecule has 2 aliphatic heterocycles. The zero-order chi connectivity index (χ0) is 32.2. The molecule has 1 aromatic heterocycles. The Labute approximate surface area is 258 Å². The summed E-state index contributed by atoms with van der Waals surface area (Å²) in [4.78, 5) is 48.1. The van der Waals surface area contributed by atoms with Gasteiger partial charge in [-0.3, -0.25) is 9.59 Å². The lowest BCUT2D eigenvalue weighted by molar-refractivity contribution is -0.140. The normalized spacial score (nSPS) is 18.2. The summed E-state index contributed by atoms with van der Waals surface area (Å²) in [7, 11) is 2.74. The number of carbonyl (C=O) groups excluding carboxylic acids is 3. The van der Waals surface area contributed by atoms with Gasteiger partial charge in [-0.05, 0) is 64.7 Å². The predicted molar refractivity (Wildman–Crippen MR) is 166 cm³/mol. The Bertz CT molecular complexity index is 1380. The number of nitrogens with one attached hydrogen (secondary N) is 1. The lowest BCUT2D eigenvalue weighted by Gasteiger charge is -2.31. The van der Waals surface area contributed by atoms with Crippen molar-refractivity contribution in [3.8, 4) is 5.75 Å². The SMILES string of the molecule is CC(C)(C)OC(=O)N1CCCC1.COc1cc(C(N)=O)ccc1Nc1ncc2c(n1)N(C1CCCC1)CC(F)(F)C(=O)N2C.[HH].[HH]. The highest BCUT2D eigenvalue weighted by Crippen LogP contribution is 2.40. The van der Waals surface area contributed by atoms with E-state index in [4.69, 9.17) is 15.2 Å². The van der Waals surface area contributed by atoms with Gasteiger partial charge >= 0.3 is 12.0 Å². The number of benzene rings is 1. The van der Waals surface area contributed by atoms with Crippen LogP contribution in [0.3, 0.4) is 0 Å². The third kappa shape index (κ3) is 7.64. The third-order valence-corrected chi connectivity index (χ3v) is 7.63. The maximum atomic E-state index is 14.7. The summed E-state index contributed by atoms with van der Waals surface area (Å²) in [5.74, 6) is -4.67. The summed E-state index contributed by atoms with van der Waals surface area (Å²) < 4.78 is 39.9. The number of hydrogen-bond acceptors (Lipinski definition) is 9. The molecular formula is C30H45F2N7O5. The molecule has 0 radical (unpaired) electrons. The quantitative estimate of drug-likeness (QED) is 0.461. The first-order valence-electron chi connectivity index (χ1n) is 14.7. The molecule has 3 heterocycles. The average molecular weight is 622 g/mol. The maximum absolute atomic E-state index is 14.7. The van der Waals surface area contributed by atoms with Gasteiger partial charge in [0.15, 0.2) is 5.82 Å². The number of halogens is 2. The number of primary amides is 1. The fraction of sp³-hybridized carbons (Fsp3) is 0.567.